The second-order valence-corrected chi connectivity index (χ2v) is 7.77. The third kappa shape index (κ3) is 4.60. The van der Waals surface area contributed by atoms with Gasteiger partial charge in [0.1, 0.15) is 11.6 Å². The molecule has 156 valence electrons. The highest BCUT2D eigenvalue weighted by molar-refractivity contribution is 8.00. The smallest absolute Gasteiger partial charge is 0.321 e. The van der Waals surface area contributed by atoms with E-state index in [-0.39, 0.29) is 11.1 Å². The van der Waals surface area contributed by atoms with Crippen LogP contribution in [0.4, 0.5) is 10.6 Å². The highest BCUT2D eigenvalue weighted by Gasteiger charge is 2.22. The van der Waals surface area contributed by atoms with Crippen molar-refractivity contribution in [3.63, 3.8) is 0 Å². The van der Waals surface area contributed by atoms with Gasteiger partial charge >= 0.3 is 6.03 Å². The molecule has 3 N–H and O–H groups in total. The van der Waals surface area contributed by atoms with Crippen LogP contribution in [0, 0.1) is 13.8 Å². The van der Waals surface area contributed by atoms with Crippen molar-refractivity contribution >= 4 is 46.5 Å². The molecular weight excluding hydrogens is 406 g/mol. The Labute approximate surface area is 177 Å². The standard InChI is InChI=1S/C20H21N5O4S/c1-10-11(2)29-18-14(10)15(22-17(27)13-8-6-5-7-9-13)23-20(25-18)30-12(3)16(26)24-19(28)21-4/h5-9,12H,1-4H3,(H2,21,24,26,28)(H,22,23,25,27)/t12-/m0/s1. The Hall–Kier alpha value is -3.40. The molecule has 2 aromatic heterocycles. The van der Waals surface area contributed by atoms with E-state index in [2.05, 4.69) is 25.9 Å². The molecule has 0 bridgehead atoms. The fourth-order valence-corrected chi connectivity index (χ4v) is 3.39. The van der Waals surface area contributed by atoms with Gasteiger partial charge in [-0.1, -0.05) is 30.0 Å². The number of anilines is 1. The van der Waals surface area contributed by atoms with E-state index in [1.165, 1.54) is 7.05 Å². The van der Waals surface area contributed by atoms with Gasteiger partial charge in [0.05, 0.1) is 10.6 Å². The summed E-state index contributed by atoms with van der Waals surface area (Å²) in [5.41, 5.74) is 1.61. The summed E-state index contributed by atoms with van der Waals surface area (Å²) < 4.78 is 5.71. The first-order valence-electron chi connectivity index (χ1n) is 9.13. The highest BCUT2D eigenvalue weighted by atomic mass is 32.2. The first-order valence-corrected chi connectivity index (χ1v) is 10.0. The molecule has 0 aliphatic carbocycles. The molecule has 0 spiro atoms. The van der Waals surface area contributed by atoms with Crippen LogP contribution < -0.4 is 16.0 Å². The number of hydrogen-bond donors (Lipinski definition) is 3. The minimum absolute atomic E-state index is 0.235. The quantitative estimate of drug-likeness (QED) is 0.422. The van der Waals surface area contributed by atoms with E-state index in [9.17, 15) is 14.4 Å². The highest BCUT2D eigenvalue weighted by Crippen LogP contribution is 2.32. The number of amides is 4. The average Bonchev–Trinajstić information content (AvgIpc) is 3.02. The molecule has 3 rings (SSSR count). The zero-order valence-electron chi connectivity index (χ0n) is 16.9. The number of thioether (sulfide) groups is 1. The molecule has 0 aliphatic rings. The van der Waals surface area contributed by atoms with Gasteiger partial charge in [-0.2, -0.15) is 4.98 Å². The summed E-state index contributed by atoms with van der Waals surface area (Å²) in [5, 5.41) is 7.52. The summed E-state index contributed by atoms with van der Waals surface area (Å²) in [4.78, 5) is 45.0. The molecule has 0 radical (unpaired) electrons. The number of urea groups is 1. The Morgan fingerprint density at radius 3 is 2.47 bits per heavy atom. The Balaban J connectivity index is 1.92. The van der Waals surface area contributed by atoms with Crippen LogP contribution in [0.2, 0.25) is 0 Å². The van der Waals surface area contributed by atoms with Gasteiger partial charge in [-0.3, -0.25) is 14.9 Å². The van der Waals surface area contributed by atoms with Gasteiger partial charge in [0.2, 0.25) is 11.6 Å². The SMILES string of the molecule is CNC(=O)NC(=O)[C@H](C)Sc1nc(NC(=O)c2ccccc2)c2c(C)c(C)oc2n1. The maximum absolute atomic E-state index is 12.7. The molecule has 9 nitrogen and oxygen atoms in total. The third-order valence-electron chi connectivity index (χ3n) is 4.39. The number of nitrogens with zero attached hydrogens (tertiary/aromatic N) is 2. The van der Waals surface area contributed by atoms with Crippen molar-refractivity contribution in [2.24, 2.45) is 0 Å². The lowest BCUT2D eigenvalue weighted by Gasteiger charge is -2.11. The second-order valence-electron chi connectivity index (χ2n) is 6.47. The van der Waals surface area contributed by atoms with E-state index in [1.807, 2.05) is 13.0 Å². The number of hydrogen-bond acceptors (Lipinski definition) is 7. The van der Waals surface area contributed by atoms with E-state index >= 15 is 0 Å². The first-order chi connectivity index (χ1) is 14.3. The maximum atomic E-state index is 12.7. The molecule has 3 aromatic rings. The molecule has 0 saturated heterocycles. The number of nitrogens with one attached hydrogen (secondary N) is 3. The number of furan rings is 1. The minimum Gasteiger partial charge on any atom is -0.443 e. The van der Waals surface area contributed by atoms with E-state index in [0.717, 1.165) is 17.3 Å². The van der Waals surface area contributed by atoms with Crippen LogP contribution in [-0.2, 0) is 4.79 Å². The molecular formula is C20H21N5O4S. The second kappa shape index (κ2) is 8.95. The monoisotopic (exact) mass is 427 g/mol. The summed E-state index contributed by atoms with van der Waals surface area (Å²) in [5.74, 6) is 0.131. The zero-order valence-corrected chi connectivity index (χ0v) is 17.7. The van der Waals surface area contributed by atoms with Crippen LogP contribution in [-0.4, -0.2) is 40.1 Å². The lowest BCUT2D eigenvalue weighted by molar-refractivity contribution is -0.119. The molecule has 10 heteroatoms. The van der Waals surface area contributed by atoms with Crippen LogP contribution in [0.5, 0.6) is 0 Å². The van der Waals surface area contributed by atoms with Crippen LogP contribution in [0.15, 0.2) is 39.9 Å². The number of aromatic nitrogens is 2. The largest absolute Gasteiger partial charge is 0.443 e. The fourth-order valence-electron chi connectivity index (χ4n) is 2.63. The Morgan fingerprint density at radius 2 is 1.80 bits per heavy atom. The van der Waals surface area contributed by atoms with Gasteiger partial charge in [0, 0.05) is 18.2 Å². The summed E-state index contributed by atoms with van der Waals surface area (Å²) in [6, 6.07) is 8.15. The first kappa shape index (κ1) is 21.3. The number of fused-ring (bicyclic) bond motifs is 1. The number of aryl methyl sites for hydroxylation is 2. The summed E-state index contributed by atoms with van der Waals surface area (Å²) in [7, 11) is 1.42. The molecule has 2 heterocycles. The zero-order chi connectivity index (χ0) is 21.8. The Morgan fingerprint density at radius 1 is 1.10 bits per heavy atom. The van der Waals surface area contributed by atoms with Gasteiger partial charge in [-0.05, 0) is 32.9 Å². The van der Waals surface area contributed by atoms with Gasteiger partial charge in [0.25, 0.3) is 5.91 Å². The van der Waals surface area contributed by atoms with E-state index in [4.69, 9.17) is 4.42 Å². The van der Waals surface area contributed by atoms with Gasteiger partial charge < -0.3 is 15.1 Å². The van der Waals surface area contributed by atoms with Gasteiger partial charge in [-0.25, -0.2) is 9.78 Å². The number of benzene rings is 1. The molecule has 0 saturated carbocycles. The van der Waals surface area contributed by atoms with E-state index in [0.29, 0.717) is 28.2 Å². The number of carbonyl (C=O) groups excluding carboxylic acids is 3. The van der Waals surface area contributed by atoms with Crippen molar-refractivity contribution in [2.75, 3.05) is 12.4 Å². The maximum Gasteiger partial charge on any atom is 0.321 e. The average molecular weight is 427 g/mol. The molecule has 30 heavy (non-hydrogen) atoms. The third-order valence-corrected chi connectivity index (χ3v) is 5.35. The molecule has 1 atom stereocenters. The Kier molecular flexibility index (Phi) is 6.36. The van der Waals surface area contributed by atoms with Crippen LogP contribution >= 0.6 is 11.8 Å². The predicted octanol–water partition coefficient (Wildman–Crippen LogP) is 3.03. The van der Waals surface area contributed by atoms with Crippen molar-refractivity contribution in [1.29, 1.82) is 0 Å². The number of imide groups is 1. The molecule has 0 unspecified atom stereocenters. The van der Waals surface area contributed by atoms with E-state index < -0.39 is 17.2 Å². The Bertz CT molecular complexity index is 1110. The summed E-state index contributed by atoms with van der Waals surface area (Å²) in [6.07, 6.45) is 0. The topological polar surface area (TPSA) is 126 Å². The molecule has 4 amide bonds. The summed E-state index contributed by atoms with van der Waals surface area (Å²) in [6.45, 7) is 5.28. The van der Waals surface area contributed by atoms with Crippen molar-refractivity contribution in [1.82, 2.24) is 20.6 Å². The van der Waals surface area contributed by atoms with Crippen molar-refractivity contribution in [2.45, 2.75) is 31.2 Å². The van der Waals surface area contributed by atoms with Crippen LogP contribution in [0.3, 0.4) is 0 Å². The van der Waals surface area contributed by atoms with Gasteiger partial charge in [-0.15, -0.1) is 0 Å². The molecule has 1 aromatic carbocycles. The van der Waals surface area contributed by atoms with Crippen LogP contribution in [0.25, 0.3) is 11.1 Å². The lowest BCUT2D eigenvalue weighted by atomic mass is 10.2. The van der Waals surface area contributed by atoms with E-state index in [1.54, 1.807) is 38.1 Å². The van der Waals surface area contributed by atoms with Crippen molar-refractivity contribution in [3.8, 4) is 0 Å². The minimum atomic E-state index is -0.658. The van der Waals surface area contributed by atoms with Crippen LogP contribution in [0.1, 0.15) is 28.6 Å². The van der Waals surface area contributed by atoms with Gasteiger partial charge in [0.15, 0.2) is 5.16 Å². The molecule has 0 fully saturated rings. The number of carbonyl (C=O) groups is 3. The van der Waals surface area contributed by atoms with Crippen molar-refractivity contribution in [3.05, 3.63) is 47.2 Å². The summed E-state index contributed by atoms with van der Waals surface area (Å²) >= 11 is 1.05. The van der Waals surface area contributed by atoms with Crippen molar-refractivity contribution < 1.29 is 18.8 Å². The predicted molar refractivity (Wildman–Crippen MR) is 114 cm³/mol. The lowest BCUT2D eigenvalue weighted by Crippen LogP contribution is -2.41. The normalized spacial score (nSPS) is 11.7. The molecule has 0 aliphatic heterocycles. The number of rotatable bonds is 5. The fraction of sp³-hybridized carbons (Fsp3) is 0.250.